The van der Waals surface area contributed by atoms with Crippen molar-refractivity contribution >= 4 is 11.8 Å². The molecule has 0 radical (unpaired) electrons. The first-order valence-electron chi connectivity index (χ1n) is 9.16. The molecule has 2 aromatic rings. The van der Waals surface area contributed by atoms with E-state index in [0.717, 1.165) is 25.9 Å². The highest BCUT2D eigenvalue weighted by molar-refractivity contribution is 5.94. The molecule has 2 atom stereocenters. The molecule has 4 heterocycles. The second kappa shape index (κ2) is 7.42. The summed E-state index contributed by atoms with van der Waals surface area (Å²) < 4.78 is 15.5. The lowest BCUT2D eigenvalue weighted by Gasteiger charge is -2.24. The van der Waals surface area contributed by atoms with Crippen molar-refractivity contribution in [3.8, 4) is 0 Å². The van der Waals surface area contributed by atoms with Crippen molar-refractivity contribution in [2.45, 2.75) is 38.0 Å². The predicted molar refractivity (Wildman–Crippen MR) is 93.7 cm³/mol. The fraction of sp³-hybridized carbons (Fsp3) is 0.500. The Labute approximate surface area is 156 Å². The number of aromatic nitrogens is 4. The minimum Gasteiger partial charge on any atom is -0.337 e. The van der Waals surface area contributed by atoms with Crippen LogP contribution in [0, 0.1) is 0 Å². The van der Waals surface area contributed by atoms with Crippen LogP contribution in [0.25, 0.3) is 0 Å². The Morgan fingerprint density at radius 3 is 2.78 bits per heavy atom. The summed E-state index contributed by atoms with van der Waals surface area (Å²) >= 11 is 0. The van der Waals surface area contributed by atoms with Gasteiger partial charge in [-0.2, -0.15) is 0 Å². The molecule has 9 heteroatoms. The summed E-state index contributed by atoms with van der Waals surface area (Å²) in [7, 11) is 0. The van der Waals surface area contributed by atoms with Gasteiger partial charge in [0.1, 0.15) is 6.17 Å². The van der Waals surface area contributed by atoms with Crippen molar-refractivity contribution in [1.29, 1.82) is 0 Å². The van der Waals surface area contributed by atoms with Crippen molar-refractivity contribution < 1.29 is 14.0 Å². The average molecular weight is 372 g/mol. The maximum absolute atomic E-state index is 14.0. The van der Waals surface area contributed by atoms with Crippen LogP contribution in [0.4, 0.5) is 4.39 Å². The molecule has 0 bridgehead atoms. The summed E-state index contributed by atoms with van der Waals surface area (Å²) in [4.78, 5) is 32.3. The molecule has 2 saturated heterocycles. The van der Waals surface area contributed by atoms with E-state index in [1.807, 2.05) is 0 Å². The summed E-state index contributed by atoms with van der Waals surface area (Å²) in [6.07, 6.45) is 5.82. The summed E-state index contributed by atoms with van der Waals surface area (Å²) in [5.41, 5.74) is 0.719. The number of pyridine rings is 1. The normalized spacial score (nSPS) is 22.4. The van der Waals surface area contributed by atoms with Gasteiger partial charge in [-0.05, 0) is 25.0 Å². The highest BCUT2D eigenvalue weighted by Crippen LogP contribution is 2.24. The molecule has 2 amide bonds. The minimum absolute atomic E-state index is 0.0483. The molecule has 2 aliphatic heterocycles. The largest absolute Gasteiger partial charge is 0.337 e. The molecule has 4 rings (SSSR count). The molecular weight excluding hydrogens is 351 g/mol. The number of rotatable bonds is 4. The van der Waals surface area contributed by atoms with Crippen LogP contribution < -0.4 is 0 Å². The molecule has 0 unspecified atom stereocenters. The molecule has 2 aromatic heterocycles. The van der Waals surface area contributed by atoms with E-state index in [0.29, 0.717) is 12.1 Å². The topological polar surface area (TPSA) is 84.2 Å². The molecule has 27 heavy (non-hydrogen) atoms. The van der Waals surface area contributed by atoms with Gasteiger partial charge in [-0.15, -0.1) is 5.10 Å². The summed E-state index contributed by atoms with van der Waals surface area (Å²) in [5, 5.41) is 7.97. The van der Waals surface area contributed by atoms with Gasteiger partial charge in [0.25, 0.3) is 11.8 Å². The number of carbonyl (C=O) groups excluding carboxylic acids is 2. The van der Waals surface area contributed by atoms with E-state index in [9.17, 15) is 14.0 Å². The second-order valence-electron chi connectivity index (χ2n) is 7.01. The number of nitrogens with zero attached hydrogens (tertiary/aromatic N) is 6. The highest BCUT2D eigenvalue weighted by atomic mass is 19.1. The summed E-state index contributed by atoms with van der Waals surface area (Å²) in [6, 6.07) is 3.00. The van der Waals surface area contributed by atoms with Crippen molar-refractivity contribution in [3.05, 3.63) is 42.0 Å². The molecule has 8 nitrogen and oxygen atoms in total. The van der Waals surface area contributed by atoms with Gasteiger partial charge < -0.3 is 9.80 Å². The lowest BCUT2D eigenvalue weighted by Crippen LogP contribution is -2.38. The van der Waals surface area contributed by atoms with Gasteiger partial charge in [-0.3, -0.25) is 14.6 Å². The van der Waals surface area contributed by atoms with Crippen LogP contribution in [-0.4, -0.2) is 73.4 Å². The Morgan fingerprint density at radius 2 is 2.04 bits per heavy atom. The van der Waals surface area contributed by atoms with E-state index in [1.165, 1.54) is 15.8 Å². The fourth-order valence-corrected chi connectivity index (χ4v) is 3.72. The van der Waals surface area contributed by atoms with E-state index in [1.54, 1.807) is 29.4 Å². The van der Waals surface area contributed by atoms with Gasteiger partial charge in [-0.1, -0.05) is 5.21 Å². The van der Waals surface area contributed by atoms with Crippen LogP contribution in [-0.2, 0) is 6.54 Å². The van der Waals surface area contributed by atoms with E-state index in [2.05, 4.69) is 15.3 Å². The third-order valence-electron chi connectivity index (χ3n) is 5.08. The Kier molecular flexibility index (Phi) is 4.83. The first kappa shape index (κ1) is 17.6. The first-order valence-corrected chi connectivity index (χ1v) is 9.16. The van der Waals surface area contributed by atoms with Crippen molar-refractivity contribution in [2.24, 2.45) is 0 Å². The first-order chi connectivity index (χ1) is 13.1. The van der Waals surface area contributed by atoms with E-state index in [4.69, 9.17) is 0 Å². The zero-order valence-electron chi connectivity index (χ0n) is 14.9. The summed E-state index contributed by atoms with van der Waals surface area (Å²) in [5.74, 6) is -0.376. The molecule has 0 aromatic carbocycles. The van der Waals surface area contributed by atoms with Crippen LogP contribution in [0.1, 0.15) is 40.1 Å². The standard InChI is InChI=1S/C18H21FN6O2/c19-14-8-15(25(10-14)17(26)13-4-3-5-20-9-13)11-24-12-16(21-22-24)18(27)23-6-1-2-7-23/h3-5,9,12,14-15H,1-2,6-8,10-11H2/t14-,15-/m0/s1. The van der Waals surface area contributed by atoms with Gasteiger partial charge in [0, 0.05) is 31.9 Å². The third-order valence-corrected chi connectivity index (χ3v) is 5.08. The molecule has 2 fully saturated rings. The molecule has 0 saturated carbocycles. The summed E-state index contributed by atoms with van der Waals surface area (Å²) in [6.45, 7) is 1.83. The maximum Gasteiger partial charge on any atom is 0.276 e. The van der Waals surface area contributed by atoms with Crippen LogP contribution in [0.2, 0.25) is 0 Å². The number of likely N-dealkylation sites (tertiary alicyclic amines) is 2. The number of hydrogen-bond acceptors (Lipinski definition) is 5. The Morgan fingerprint density at radius 1 is 1.22 bits per heavy atom. The number of carbonyl (C=O) groups is 2. The van der Waals surface area contributed by atoms with Gasteiger partial charge in [-0.25, -0.2) is 9.07 Å². The lowest BCUT2D eigenvalue weighted by atomic mass is 10.2. The molecule has 0 spiro atoms. The molecule has 2 aliphatic rings. The quantitative estimate of drug-likeness (QED) is 0.804. The smallest absolute Gasteiger partial charge is 0.276 e. The number of hydrogen-bond donors (Lipinski definition) is 0. The highest BCUT2D eigenvalue weighted by Gasteiger charge is 2.36. The fourth-order valence-electron chi connectivity index (χ4n) is 3.72. The van der Waals surface area contributed by atoms with E-state index < -0.39 is 6.17 Å². The van der Waals surface area contributed by atoms with Crippen molar-refractivity contribution in [3.63, 3.8) is 0 Å². The number of amides is 2. The van der Waals surface area contributed by atoms with Gasteiger partial charge >= 0.3 is 0 Å². The van der Waals surface area contributed by atoms with Crippen molar-refractivity contribution in [2.75, 3.05) is 19.6 Å². The van der Waals surface area contributed by atoms with Gasteiger partial charge in [0.15, 0.2) is 5.69 Å². The van der Waals surface area contributed by atoms with Crippen LogP contribution in [0.3, 0.4) is 0 Å². The van der Waals surface area contributed by atoms with Crippen LogP contribution in [0.15, 0.2) is 30.7 Å². The zero-order chi connectivity index (χ0) is 18.8. The number of halogens is 1. The zero-order valence-corrected chi connectivity index (χ0v) is 14.9. The SMILES string of the molecule is O=C(c1cn(C[C@@H]2C[C@H](F)CN2C(=O)c2cccnc2)nn1)N1CCCC1. The lowest BCUT2D eigenvalue weighted by molar-refractivity contribution is 0.0713. The Hall–Kier alpha value is -2.84. The monoisotopic (exact) mass is 372 g/mol. The minimum atomic E-state index is -1.08. The molecule has 142 valence electrons. The molecule has 0 N–H and O–H groups in total. The van der Waals surface area contributed by atoms with E-state index >= 15 is 0 Å². The Balaban J connectivity index is 1.46. The van der Waals surface area contributed by atoms with E-state index in [-0.39, 0.29) is 36.5 Å². The third kappa shape index (κ3) is 3.67. The average Bonchev–Trinajstić information content (AvgIpc) is 3.43. The number of alkyl halides is 1. The molecule has 0 aliphatic carbocycles. The van der Waals surface area contributed by atoms with Gasteiger partial charge in [0.2, 0.25) is 0 Å². The van der Waals surface area contributed by atoms with Gasteiger partial charge in [0.05, 0.1) is 30.9 Å². The predicted octanol–water partition coefficient (Wildman–Crippen LogP) is 1.16. The maximum atomic E-state index is 14.0. The molecular formula is C18H21FN6O2. The Bertz CT molecular complexity index is 820. The van der Waals surface area contributed by atoms with Crippen molar-refractivity contribution in [1.82, 2.24) is 29.8 Å². The second-order valence-corrected chi connectivity index (χ2v) is 7.01. The van der Waals surface area contributed by atoms with Crippen LogP contribution in [0.5, 0.6) is 0 Å². The van der Waals surface area contributed by atoms with Crippen LogP contribution >= 0.6 is 0 Å².